The van der Waals surface area contributed by atoms with Gasteiger partial charge in [0.2, 0.25) is 0 Å². The molecular formula is C15H24ClN3O. The zero-order valence-corrected chi connectivity index (χ0v) is 13.2. The first kappa shape index (κ1) is 15.4. The van der Waals surface area contributed by atoms with Crippen LogP contribution in [0.15, 0.2) is 6.07 Å². The summed E-state index contributed by atoms with van der Waals surface area (Å²) in [6.07, 6.45) is 5.09. The van der Waals surface area contributed by atoms with Gasteiger partial charge in [0.05, 0.1) is 5.69 Å². The molecule has 0 saturated carbocycles. The van der Waals surface area contributed by atoms with Crippen molar-refractivity contribution in [3.05, 3.63) is 17.5 Å². The fourth-order valence-electron chi connectivity index (χ4n) is 2.90. The van der Waals surface area contributed by atoms with Crippen molar-refractivity contribution in [3.63, 3.8) is 0 Å². The van der Waals surface area contributed by atoms with Crippen LogP contribution < -0.4 is 0 Å². The molecule has 0 spiro atoms. The lowest BCUT2D eigenvalue weighted by molar-refractivity contribution is 0.0596. The van der Waals surface area contributed by atoms with Gasteiger partial charge in [0, 0.05) is 25.0 Å². The molecule has 1 atom stereocenters. The molecule has 1 unspecified atom stereocenters. The lowest BCUT2D eigenvalue weighted by atomic mass is 9.99. The molecule has 5 heteroatoms. The van der Waals surface area contributed by atoms with E-state index in [2.05, 4.69) is 12.0 Å². The Morgan fingerprint density at radius 1 is 1.45 bits per heavy atom. The minimum absolute atomic E-state index is 0.119. The van der Waals surface area contributed by atoms with Gasteiger partial charge in [-0.15, -0.1) is 11.6 Å². The maximum Gasteiger partial charge on any atom is 0.272 e. The summed E-state index contributed by atoms with van der Waals surface area (Å²) in [6.45, 7) is 5.66. The van der Waals surface area contributed by atoms with Gasteiger partial charge in [-0.2, -0.15) is 5.10 Å². The zero-order valence-electron chi connectivity index (χ0n) is 12.4. The summed E-state index contributed by atoms with van der Waals surface area (Å²) in [4.78, 5) is 14.8. The third-order valence-electron chi connectivity index (χ3n) is 4.04. The molecule has 1 aromatic rings. The monoisotopic (exact) mass is 297 g/mol. The molecule has 4 nitrogen and oxygen atoms in total. The first-order valence-corrected chi connectivity index (χ1v) is 8.18. The molecule has 0 aromatic carbocycles. The number of halogens is 1. The molecular weight excluding hydrogens is 274 g/mol. The second kappa shape index (κ2) is 7.11. The van der Waals surface area contributed by atoms with Crippen molar-refractivity contribution in [1.82, 2.24) is 14.7 Å². The zero-order chi connectivity index (χ0) is 14.5. The average Bonchev–Trinajstić information content (AvgIpc) is 2.91. The van der Waals surface area contributed by atoms with Crippen molar-refractivity contribution in [2.24, 2.45) is 0 Å². The second-order valence-corrected chi connectivity index (χ2v) is 5.69. The maximum absolute atomic E-state index is 12.8. The van der Waals surface area contributed by atoms with Crippen LogP contribution in [0.25, 0.3) is 0 Å². The van der Waals surface area contributed by atoms with Crippen LogP contribution in [-0.2, 0) is 13.0 Å². The third kappa shape index (κ3) is 3.17. The van der Waals surface area contributed by atoms with Crippen molar-refractivity contribution in [2.75, 3.05) is 12.4 Å². The van der Waals surface area contributed by atoms with Crippen LogP contribution in [0, 0.1) is 0 Å². The second-order valence-electron chi connectivity index (χ2n) is 5.32. The fraction of sp³-hybridized carbons (Fsp3) is 0.733. The van der Waals surface area contributed by atoms with Gasteiger partial charge in [-0.05, 0) is 45.1 Å². The summed E-state index contributed by atoms with van der Waals surface area (Å²) in [7, 11) is 0. The Labute approximate surface area is 126 Å². The van der Waals surface area contributed by atoms with E-state index in [-0.39, 0.29) is 5.91 Å². The van der Waals surface area contributed by atoms with Gasteiger partial charge in [0.15, 0.2) is 0 Å². The number of piperidine rings is 1. The van der Waals surface area contributed by atoms with E-state index >= 15 is 0 Å². The number of amides is 1. The number of hydrogen-bond donors (Lipinski definition) is 0. The average molecular weight is 298 g/mol. The molecule has 0 radical (unpaired) electrons. The van der Waals surface area contributed by atoms with E-state index in [4.69, 9.17) is 11.6 Å². The predicted molar refractivity (Wildman–Crippen MR) is 81.3 cm³/mol. The molecule has 0 aliphatic carbocycles. The number of alkyl halides is 1. The summed E-state index contributed by atoms with van der Waals surface area (Å²) in [5.74, 6) is 0.732. The number of carbonyl (C=O) groups is 1. The molecule has 0 N–H and O–H groups in total. The quantitative estimate of drug-likeness (QED) is 0.783. The summed E-state index contributed by atoms with van der Waals surface area (Å²) >= 11 is 5.88. The van der Waals surface area contributed by atoms with Gasteiger partial charge < -0.3 is 4.90 Å². The summed E-state index contributed by atoms with van der Waals surface area (Å²) in [5, 5.41) is 4.48. The number of nitrogens with zero attached hydrogens (tertiary/aromatic N) is 3. The highest BCUT2D eigenvalue weighted by Gasteiger charge is 2.29. The Hall–Kier alpha value is -1.03. The number of hydrogen-bond acceptors (Lipinski definition) is 2. The van der Waals surface area contributed by atoms with Gasteiger partial charge in [0.1, 0.15) is 5.69 Å². The maximum atomic E-state index is 12.8. The smallest absolute Gasteiger partial charge is 0.272 e. The molecule has 1 amide bonds. The van der Waals surface area contributed by atoms with Crippen LogP contribution in [0.2, 0.25) is 0 Å². The van der Waals surface area contributed by atoms with Crippen LogP contribution in [0.4, 0.5) is 0 Å². The van der Waals surface area contributed by atoms with Gasteiger partial charge in [-0.3, -0.25) is 9.48 Å². The normalized spacial score (nSPS) is 19.4. The molecule has 2 rings (SSSR count). The molecule has 20 heavy (non-hydrogen) atoms. The molecule has 1 fully saturated rings. The van der Waals surface area contributed by atoms with Crippen molar-refractivity contribution in [3.8, 4) is 0 Å². The Bertz CT molecular complexity index is 456. The SMILES string of the molecule is CCc1cc(C(=O)N2CCCCC2CCCl)n(CC)n1. The van der Waals surface area contributed by atoms with Crippen molar-refractivity contribution >= 4 is 17.5 Å². The van der Waals surface area contributed by atoms with Crippen LogP contribution in [0.3, 0.4) is 0 Å². The van der Waals surface area contributed by atoms with Crippen molar-refractivity contribution in [2.45, 2.75) is 58.5 Å². The molecule has 1 saturated heterocycles. The Balaban J connectivity index is 2.22. The molecule has 1 aromatic heterocycles. The van der Waals surface area contributed by atoms with Gasteiger partial charge in [0.25, 0.3) is 5.91 Å². The molecule has 112 valence electrons. The highest BCUT2D eigenvalue weighted by molar-refractivity contribution is 6.17. The Morgan fingerprint density at radius 3 is 2.90 bits per heavy atom. The van der Waals surface area contributed by atoms with Crippen molar-refractivity contribution in [1.29, 1.82) is 0 Å². The van der Waals surface area contributed by atoms with Gasteiger partial charge in [-0.25, -0.2) is 0 Å². The Kier molecular flexibility index (Phi) is 5.46. The summed E-state index contributed by atoms with van der Waals surface area (Å²) < 4.78 is 1.83. The number of likely N-dealkylation sites (tertiary alicyclic amines) is 1. The third-order valence-corrected chi connectivity index (χ3v) is 4.26. The Morgan fingerprint density at radius 2 is 2.25 bits per heavy atom. The standard InChI is InChI=1S/C15H24ClN3O/c1-3-12-11-14(19(4-2)17-12)15(20)18-10-6-5-7-13(18)8-9-16/h11,13H,3-10H2,1-2H3. The van der Waals surface area contributed by atoms with Crippen LogP contribution >= 0.6 is 11.6 Å². The molecule has 2 heterocycles. The van der Waals surface area contributed by atoms with E-state index in [1.165, 1.54) is 6.42 Å². The van der Waals surface area contributed by atoms with Gasteiger partial charge in [-0.1, -0.05) is 6.92 Å². The van der Waals surface area contributed by atoms with Crippen molar-refractivity contribution < 1.29 is 4.79 Å². The van der Waals surface area contributed by atoms with Crippen LogP contribution in [-0.4, -0.2) is 39.1 Å². The minimum atomic E-state index is 0.119. The van der Waals surface area contributed by atoms with E-state index in [1.54, 1.807) is 0 Å². The highest BCUT2D eigenvalue weighted by atomic mass is 35.5. The first-order chi connectivity index (χ1) is 9.71. The van der Waals surface area contributed by atoms with E-state index < -0.39 is 0 Å². The lowest BCUT2D eigenvalue weighted by Gasteiger charge is -2.35. The van der Waals surface area contributed by atoms with E-state index in [0.717, 1.165) is 50.2 Å². The molecule has 0 bridgehead atoms. The van der Waals surface area contributed by atoms with Gasteiger partial charge >= 0.3 is 0 Å². The molecule has 1 aliphatic rings. The first-order valence-electron chi connectivity index (χ1n) is 7.64. The van der Waals surface area contributed by atoms with E-state index in [1.807, 2.05) is 22.6 Å². The minimum Gasteiger partial charge on any atom is -0.334 e. The fourth-order valence-corrected chi connectivity index (χ4v) is 3.15. The topological polar surface area (TPSA) is 38.1 Å². The van der Waals surface area contributed by atoms with E-state index in [9.17, 15) is 4.79 Å². The molecule has 1 aliphatic heterocycles. The van der Waals surface area contributed by atoms with Crippen LogP contribution in [0.1, 0.15) is 55.7 Å². The number of carbonyl (C=O) groups excluding carboxylic acids is 1. The largest absolute Gasteiger partial charge is 0.334 e. The lowest BCUT2D eigenvalue weighted by Crippen LogP contribution is -2.44. The predicted octanol–water partition coefficient (Wildman–Crippen LogP) is 3.09. The summed E-state index contributed by atoms with van der Waals surface area (Å²) in [6, 6.07) is 2.23. The highest BCUT2D eigenvalue weighted by Crippen LogP contribution is 2.22. The number of aryl methyl sites for hydroxylation is 2. The van der Waals surface area contributed by atoms with Crippen LogP contribution in [0.5, 0.6) is 0 Å². The summed E-state index contributed by atoms with van der Waals surface area (Å²) in [5.41, 5.74) is 1.71. The number of rotatable bonds is 5. The number of aromatic nitrogens is 2. The van der Waals surface area contributed by atoms with E-state index in [0.29, 0.717) is 11.9 Å².